The number of nitrogens with zero attached hydrogens (tertiary/aromatic N) is 2. The van der Waals surface area contributed by atoms with E-state index in [4.69, 9.17) is 0 Å². The van der Waals surface area contributed by atoms with Gasteiger partial charge in [0.2, 0.25) is 0 Å². The summed E-state index contributed by atoms with van der Waals surface area (Å²) in [5.74, 6) is 1.82. The molecule has 0 N–H and O–H groups in total. The highest BCUT2D eigenvalue weighted by Crippen LogP contribution is 2.23. The standard InChI is InChI=1S/C14H15BrN2S/c1-3-13-16-12(15)8-14(17-13)18-9-11-6-4-5-10(2)7-11/h4-8H,3,9H2,1-2H3. The van der Waals surface area contributed by atoms with Crippen LogP contribution in [-0.4, -0.2) is 9.97 Å². The summed E-state index contributed by atoms with van der Waals surface area (Å²) in [6, 6.07) is 10.5. The summed E-state index contributed by atoms with van der Waals surface area (Å²) in [6.45, 7) is 4.18. The highest BCUT2D eigenvalue weighted by atomic mass is 79.9. The van der Waals surface area contributed by atoms with Gasteiger partial charge < -0.3 is 0 Å². The average molecular weight is 323 g/mol. The molecule has 2 nitrogen and oxygen atoms in total. The first-order chi connectivity index (χ1) is 8.67. The Balaban J connectivity index is 2.08. The molecule has 0 bridgehead atoms. The molecule has 1 aromatic carbocycles. The maximum absolute atomic E-state index is 4.51. The molecule has 0 aliphatic carbocycles. The Morgan fingerprint density at radius 1 is 1.22 bits per heavy atom. The zero-order chi connectivity index (χ0) is 13.0. The van der Waals surface area contributed by atoms with Gasteiger partial charge in [-0.2, -0.15) is 0 Å². The second-order valence-corrected chi connectivity index (χ2v) is 5.88. The van der Waals surface area contributed by atoms with E-state index in [-0.39, 0.29) is 0 Å². The van der Waals surface area contributed by atoms with Crippen molar-refractivity contribution in [3.63, 3.8) is 0 Å². The maximum Gasteiger partial charge on any atom is 0.130 e. The van der Waals surface area contributed by atoms with Crippen LogP contribution in [0.5, 0.6) is 0 Å². The van der Waals surface area contributed by atoms with Gasteiger partial charge in [0.1, 0.15) is 15.5 Å². The molecule has 0 spiro atoms. The average Bonchev–Trinajstić information content (AvgIpc) is 2.36. The minimum absolute atomic E-state index is 0.859. The quantitative estimate of drug-likeness (QED) is 0.616. The lowest BCUT2D eigenvalue weighted by atomic mass is 10.2. The van der Waals surface area contributed by atoms with Gasteiger partial charge in [-0.15, -0.1) is 11.8 Å². The van der Waals surface area contributed by atoms with Gasteiger partial charge in [-0.25, -0.2) is 9.97 Å². The molecule has 2 rings (SSSR count). The van der Waals surface area contributed by atoms with Crippen LogP contribution in [0, 0.1) is 6.92 Å². The molecule has 0 saturated heterocycles. The number of rotatable bonds is 4. The normalized spacial score (nSPS) is 10.6. The fourth-order valence-electron chi connectivity index (χ4n) is 1.63. The first-order valence-corrected chi connectivity index (χ1v) is 7.67. The van der Waals surface area contributed by atoms with Crippen molar-refractivity contribution in [2.24, 2.45) is 0 Å². The smallest absolute Gasteiger partial charge is 0.130 e. The fraction of sp³-hybridized carbons (Fsp3) is 0.286. The molecule has 0 atom stereocenters. The van der Waals surface area contributed by atoms with Crippen molar-refractivity contribution in [3.8, 4) is 0 Å². The van der Waals surface area contributed by atoms with Gasteiger partial charge in [0.25, 0.3) is 0 Å². The third-order valence-electron chi connectivity index (χ3n) is 2.50. The number of halogens is 1. The number of benzene rings is 1. The molecule has 1 aromatic heterocycles. The lowest BCUT2D eigenvalue weighted by Crippen LogP contribution is -1.95. The van der Waals surface area contributed by atoms with Crippen molar-refractivity contribution in [2.75, 3.05) is 0 Å². The molecule has 0 fully saturated rings. The van der Waals surface area contributed by atoms with Crippen LogP contribution in [0.4, 0.5) is 0 Å². The molecule has 0 unspecified atom stereocenters. The minimum Gasteiger partial charge on any atom is -0.227 e. The Bertz CT molecular complexity index is 543. The van der Waals surface area contributed by atoms with E-state index in [1.807, 2.05) is 6.07 Å². The second-order valence-electron chi connectivity index (χ2n) is 4.08. The summed E-state index contributed by atoms with van der Waals surface area (Å²) < 4.78 is 0.862. The van der Waals surface area contributed by atoms with Crippen molar-refractivity contribution in [2.45, 2.75) is 31.0 Å². The Kier molecular flexibility index (Phi) is 4.78. The van der Waals surface area contributed by atoms with E-state index in [9.17, 15) is 0 Å². The van der Waals surface area contributed by atoms with E-state index in [0.29, 0.717) is 0 Å². The Hall–Kier alpha value is -0.870. The number of thioether (sulfide) groups is 1. The van der Waals surface area contributed by atoms with Crippen LogP contribution in [0.3, 0.4) is 0 Å². The monoisotopic (exact) mass is 322 g/mol. The van der Waals surface area contributed by atoms with Crippen molar-refractivity contribution in [3.05, 3.63) is 51.9 Å². The van der Waals surface area contributed by atoms with Gasteiger partial charge in [-0.1, -0.05) is 36.8 Å². The van der Waals surface area contributed by atoms with Gasteiger partial charge in [0.05, 0.1) is 0 Å². The van der Waals surface area contributed by atoms with Crippen molar-refractivity contribution < 1.29 is 0 Å². The summed E-state index contributed by atoms with van der Waals surface area (Å²) in [4.78, 5) is 8.83. The highest BCUT2D eigenvalue weighted by molar-refractivity contribution is 9.10. The number of hydrogen-bond acceptors (Lipinski definition) is 3. The van der Waals surface area contributed by atoms with E-state index in [0.717, 1.165) is 27.6 Å². The zero-order valence-electron chi connectivity index (χ0n) is 10.5. The van der Waals surface area contributed by atoms with E-state index in [1.165, 1.54) is 11.1 Å². The largest absolute Gasteiger partial charge is 0.227 e. The summed E-state index contributed by atoms with van der Waals surface area (Å²) in [5, 5.41) is 1.02. The van der Waals surface area contributed by atoms with Gasteiger partial charge in [0, 0.05) is 18.2 Å². The number of aryl methyl sites for hydroxylation is 2. The third-order valence-corrected chi connectivity index (χ3v) is 3.89. The van der Waals surface area contributed by atoms with Crippen LogP contribution in [0.2, 0.25) is 0 Å². The highest BCUT2D eigenvalue weighted by Gasteiger charge is 2.03. The Morgan fingerprint density at radius 3 is 2.78 bits per heavy atom. The molecule has 0 saturated carbocycles. The van der Waals surface area contributed by atoms with Crippen LogP contribution < -0.4 is 0 Å². The molecule has 2 aromatic rings. The molecule has 18 heavy (non-hydrogen) atoms. The lowest BCUT2D eigenvalue weighted by molar-refractivity contribution is 0.877. The predicted octanol–water partition coefficient (Wildman–Crippen LogP) is 4.40. The van der Waals surface area contributed by atoms with Gasteiger partial charge in [-0.05, 0) is 28.4 Å². The lowest BCUT2D eigenvalue weighted by Gasteiger charge is -2.04. The molecule has 0 aliphatic heterocycles. The van der Waals surface area contributed by atoms with E-state index in [1.54, 1.807) is 11.8 Å². The molecule has 1 heterocycles. The first-order valence-electron chi connectivity index (χ1n) is 5.89. The van der Waals surface area contributed by atoms with E-state index in [2.05, 4.69) is 64.0 Å². The number of hydrogen-bond donors (Lipinski definition) is 0. The van der Waals surface area contributed by atoms with Crippen molar-refractivity contribution in [1.29, 1.82) is 0 Å². The van der Waals surface area contributed by atoms with Gasteiger partial charge in [0.15, 0.2) is 0 Å². The third kappa shape index (κ3) is 3.82. The topological polar surface area (TPSA) is 25.8 Å². The maximum atomic E-state index is 4.51. The van der Waals surface area contributed by atoms with Crippen molar-refractivity contribution >= 4 is 27.7 Å². The minimum atomic E-state index is 0.859. The molecule has 94 valence electrons. The van der Waals surface area contributed by atoms with E-state index < -0.39 is 0 Å². The van der Waals surface area contributed by atoms with Crippen LogP contribution in [0.1, 0.15) is 23.9 Å². The predicted molar refractivity (Wildman–Crippen MR) is 79.9 cm³/mol. The Morgan fingerprint density at radius 2 is 2.06 bits per heavy atom. The second kappa shape index (κ2) is 6.34. The molecular weight excluding hydrogens is 308 g/mol. The van der Waals surface area contributed by atoms with Gasteiger partial charge >= 0.3 is 0 Å². The van der Waals surface area contributed by atoms with Crippen LogP contribution in [0.25, 0.3) is 0 Å². The molecule has 0 amide bonds. The van der Waals surface area contributed by atoms with E-state index >= 15 is 0 Å². The van der Waals surface area contributed by atoms with Crippen LogP contribution in [-0.2, 0) is 12.2 Å². The van der Waals surface area contributed by atoms with Crippen molar-refractivity contribution in [1.82, 2.24) is 9.97 Å². The molecular formula is C14H15BrN2S. The zero-order valence-corrected chi connectivity index (χ0v) is 12.9. The first kappa shape index (κ1) is 13.6. The Labute approximate surface area is 120 Å². The van der Waals surface area contributed by atoms with Crippen LogP contribution in [0.15, 0.2) is 40.0 Å². The summed E-state index contributed by atoms with van der Waals surface area (Å²) in [6.07, 6.45) is 0.859. The molecule has 0 aliphatic rings. The van der Waals surface area contributed by atoms with Gasteiger partial charge in [-0.3, -0.25) is 0 Å². The summed E-state index contributed by atoms with van der Waals surface area (Å²) in [5.41, 5.74) is 2.62. The fourth-order valence-corrected chi connectivity index (χ4v) is 3.07. The molecule has 4 heteroatoms. The number of aromatic nitrogens is 2. The summed E-state index contributed by atoms with van der Waals surface area (Å²) in [7, 11) is 0. The SMILES string of the molecule is CCc1nc(Br)cc(SCc2cccc(C)c2)n1. The summed E-state index contributed by atoms with van der Waals surface area (Å²) >= 11 is 5.17. The van der Waals surface area contributed by atoms with Crippen LogP contribution >= 0.6 is 27.7 Å². The molecule has 0 radical (unpaired) electrons.